The van der Waals surface area contributed by atoms with Crippen molar-refractivity contribution in [1.82, 2.24) is 0 Å². The number of hydrogen-bond donors (Lipinski definition) is 0. The molecule has 4 aromatic rings. The SMILES string of the molecule is c1ccc(-c2cc3cc4sccc4cc3s2)cc1. The molecule has 86 valence electrons. The molecule has 0 amide bonds. The third-order valence-electron chi connectivity index (χ3n) is 3.15. The maximum absolute atomic E-state index is 2.30. The first-order valence-electron chi connectivity index (χ1n) is 5.86. The van der Waals surface area contributed by atoms with Crippen molar-refractivity contribution < 1.29 is 0 Å². The average Bonchev–Trinajstić information content (AvgIpc) is 3.01. The number of hydrogen-bond acceptors (Lipinski definition) is 2. The highest BCUT2D eigenvalue weighted by atomic mass is 32.1. The van der Waals surface area contributed by atoms with E-state index in [2.05, 4.69) is 60.0 Å². The minimum absolute atomic E-state index is 1.31. The number of rotatable bonds is 1. The van der Waals surface area contributed by atoms with Crippen molar-refractivity contribution in [2.75, 3.05) is 0 Å². The molecule has 2 heteroatoms. The standard InChI is InChI=1S/C16H10S2/c1-2-4-11(5-3-1)15-10-13-9-14-12(6-7-17-14)8-16(13)18-15/h1-10H. The van der Waals surface area contributed by atoms with E-state index in [9.17, 15) is 0 Å². The summed E-state index contributed by atoms with van der Waals surface area (Å²) in [6, 6.07) is 19.7. The highest BCUT2D eigenvalue weighted by Crippen LogP contribution is 2.36. The molecule has 2 heterocycles. The fourth-order valence-corrected chi connectivity index (χ4v) is 4.16. The Balaban J connectivity index is 1.98. The third-order valence-corrected chi connectivity index (χ3v) is 5.18. The Kier molecular flexibility index (Phi) is 2.25. The molecule has 0 aliphatic heterocycles. The number of thiophene rings is 2. The summed E-state index contributed by atoms with van der Waals surface area (Å²) >= 11 is 3.69. The van der Waals surface area contributed by atoms with Gasteiger partial charge in [-0.1, -0.05) is 30.3 Å². The van der Waals surface area contributed by atoms with Crippen molar-refractivity contribution in [3.63, 3.8) is 0 Å². The molecule has 0 saturated heterocycles. The predicted molar refractivity (Wildman–Crippen MR) is 82.6 cm³/mol. The fraction of sp³-hybridized carbons (Fsp3) is 0. The Labute approximate surface area is 113 Å². The summed E-state index contributed by atoms with van der Waals surface area (Å²) in [5.41, 5.74) is 1.31. The Morgan fingerprint density at radius 2 is 1.56 bits per heavy atom. The van der Waals surface area contributed by atoms with Gasteiger partial charge in [-0.3, -0.25) is 0 Å². The summed E-state index contributed by atoms with van der Waals surface area (Å²) in [6.07, 6.45) is 0. The van der Waals surface area contributed by atoms with Gasteiger partial charge in [0.05, 0.1) is 0 Å². The topological polar surface area (TPSA) is 0 Å². The van der Waals surface area contributed by atoms with Crippen LogP contribution in [-0.4, -0.2) is 0 Å². The molecular formula is C16H10S2. The molecule has 4 rings (SSSR count). The Morgan fingerprint density at radius 1 is 0.722 bits per heavy atom. The van der Waals surface area contributed by atoms with Gasteiger partial charge in [-0.25, -0.2) is 0 Å². The van der Waals surface area contributed by atoms with Gasteiger partial charge >= 0.3 is 0 Å². The van der Waals surface area contributed by atoms with E-state index in [4.69, 9.17) is 0 Å². The molecule has 0 unspecified atom stereocenters. The molecule has 2 aromatic carbocycles. The molecule has 0 N–H and O–H groups in total. The van der Waals surface area contributed by atoms with E-state index in [1.165, 1.54) is 30.6 Å². The summed E-state index contributed by atoms with van der Waals surface area (Å²) in [5, 5.41) is 4.87. The van der Waals surface area contributed by atoms with Crippen molar-refractivity contribution in [2.24, 2.45) is 0 Å². The zero-order chi connectivity index (χ0) is 11.9. The molecule has 0 atom stereocenters. The molecule has 0 aliphatic rings. The molecular weight excluding hydrogens is 256 g/mol. The Hall–Kier alpha value is -1.64. The molecule has 0 spiro atoms. The molecule has 0 fully saturated rings. The largest absolute Gasteiger partial charge is 0.144 e. The minimum atomic E-state index is 1.31. The first-order valence-corrected chi connectivity index (χ1v) is 7.56. The van der Waals surface area contributed by atoms with Crippen LogP contribution in [0.3, 0.4) is 0 Å². The van der Waals surface area contributed by atoms with Gasteiger partial charge in [0.2, 0.25) is 0 Å². The van der Waals surface area contributed by atoms with Crippen molar-refractivity contribution in [3.05, 3.63) is 60.0 Å². The van der Waals surface area contributed by atoms with Crippen LogP contribution in [-0.2, 0) is 0 Å². The Bertz CT molecular complexity index is 774. The minimum Gasteiger partial charge on any atom is -0.144 e. The second-order valence-corrected chi connectivity index (χ2v) is 6.36. The van der Waals surface area contributed by atoms with Crippen molar-refractivity contribution in [2.45, 2.75) is 0 Å². The number of fused-ring (bicyclic) bond motifs is 2. The van der Waals surface area contributed by atoms with Gasteiger partial charge in [0.25, 0.3) is 0 Å². The zero-order valence-electron chi connectivity index (χ0n) is 9.59. The Morgan fingerprint density at radius 3 is 2.44 bits per heavy atom. The predicted octanol–water partition coefficient (Wildman–Crippen LogP) is 5.78. The third kappa shape index (κ3) is 1.57. The molecule has 2 aromatic heterocycles. The van der Waals surface area contributed by atoms with Gasteiger partial charge in [-0.2, -0.15) is 0 Å². The summed E-state index contributed by atoms with van der Waals surface area (Å²) in [4.78, 5) is 1.35. The lowest BCUT2D eigenvalue weighted by Gasteiger charge is -1.93. The van der Waals surface area contributed by atoms with Crippen molar-refractivity contribution >= 4 is 42.8 Å². The summed E-state index contributed by atoms with van der Waals surface area (Å²) in [5.74, 6) is 0. The van der Waals surface area contributed by atoms with Crippen LogP contribution in [0.4, 0.5) is 0 Å². The second kappa shape index (κ2) is 3.94. The van der Waals surface area contributed by atoms with Gasteiger partial charge in [0.1, 0.15) is 0 Å². The summed E-state index contributed by atoms with van der Waals surface area (Å²) in [6.45, 7) is 0. The molecule has 0 aliphatic carbocycles. The van der Waals surface area contributed by atoms with Crippen LogP contribution in [0.15, 0.2) is 60.0 Å². The average molecular weight is 266 g/mol. The first-order chi connectivity index (χ1) is 8.90. The summed E-state index contributed by atoms with van der Waals surface area (Å²) in [7, 11) is 0. The van der Waals surface area contributed by atoms with Crippen molar-refractivity contribution in [3.8, 4) is 10.4 Å². The van der Waals surface area contributed by atoms with Gasteiger partial charge in [0, 0.05) is 14.3 Å². The molecule has 0 bridgehead atoms. The quantitative estimate of drug-likeness (QED) is 0.409. The maximum Gasteiger partial charge on any atom is 0.0356 e. The summed E-state index contributed by atoms with van der Waals surface area (Å²) < 4.78 is 2.75. The van der Waals surface area contributed by atoms with Crippen LogP contribution in [0.25, 0.3) is 30.6 Å². The van der Waals surface area contributed by atoms with Crippen LogP contribution in [0.2, 0.25) is 0 Å². The normalized spacial score (nSPS) is 11.3. The van der Waals surface area contributed by atoms with E-state index in [0.717, 1.165) is 0 Å². The lowest BCUT2D eigenvalue weighted by Crippen LogP contribution is -1.67. The highest BCUT2D eigenvalue weighted by Gasteiger charge is 2.05. The molecule has 0 nitrogen and oxygen atoms in total. The lowest BCUT2D eigenvalue weighted by atomic mass is 10.1. The van der Waals surface area contributed by atoms with Gasteiger partial charge in [0.15, 0.2) is 0 Å². The van der Waals surface area contributed by atoms with Crippen molar-refractivity contribution in [1.29, 1.82) is 0 Å². The van der Waals surface area contributed by atoms with E-state index in [1.807, 2.05) is 22.7 Å². The van der Waals surface area contributed by atoms with Crippen LogP contribution in [0.5, 0.6) is 0 Å². The molecule has 0 saturated carbocycles. The van der Waals surface area contributed by atoms with Crippen LogP contribution < -0.4 is 0 Å². The van der Waals surface area contributed by atoms with Crippen LogP contribution in [0.1, 0.15) is 0 Å². The highest BCUT2D eigenvalue weighted by molar-refractivity contribution is 7.22. The zero-order valence-corrected chi connectivity index (χ0v) is 11.2. The fourth-order valence-electron chi connectivity index (χ4n) is 2.24. The van der Waals surface area contributed by atoms with E-state index in [0.29, 0.717) is 0 Å². The second-order valence-electron chi connectivity index (χ2n) is 4.33. The smallest absolute Gasteiger partial charge is 0.0356 e. The first kappa shape index (κ1) is 10.3. The van der Waals surface area contributed by atoms with Gasteiger partial charge < -0.3 is 0 Å². The van der Waals surface area contributed by atoms with Gasteiger partial charge in [-0.05, 0) is 46.0 Å². The van der Waals surface area contributed by atoms with E-state index in [1.54, 1.807) is 0 Å². The molecule has 18 heavy (non-hydrogen) atoms. The molecule has 0 radical (unpaired) electrons. The monoisotopic (exact) mass is 266 g/mol. The number of benzene rings is 2. The van der Waals surface area contributed by atoms with E-state index >= 15 is 0 Å². The maximum atomic E-state index is 2.30. The van der Waals surface area contributed by atoms with Crippen LogP contribution >= 0.6 is 22.7 Å². The van der Waals surface area contributed by atoms with E-state index in [-0.39, 0.29) is 0 Å². The van der Waals surface area contributed by atoms with Crippen LogP contribution in [0, 0.1) is 0 Å². The van der Waals surface area contributed by atoms with Gasteiger partial charge in [-0.15, -0.1) is 22.7 Å². The van der Waals surface area contributed by atoms with E-state index < -0.39 is 0 Å². The lowest BCUT2D eigenvalue weighted by molar-refractivity contribution is 1.70.